The zero-order valence-corrected chi connectivity index (χ0v) is 12.4. The van der Waals surface area contributed by atoms with E-state index in [4.69, 9.17) is 0 Å². The topological polar surface area (TPSA) is 66.6 Å². The Labute approximate surface area is 128 Å². The predicted octanol–water partition coefficient (Wildman–Crippen LogP) is 0.883. The minimum atomic E-state index is 0.217. The molecule has 22 heavy (non-hydrogen) atoms. The van der Waals surface area contributed by atoms with Crippen LogP contribution in [-0.2, 0) is 4.79 Å². The van der Waals surface area contributed by atoms with E-state index in [-0.39, 0.29) is 5.91 Å². The molecule has 0 atom stereocenters. The van der Waals surface area contributed by atoms with E-state index in [2.05, 4.69) is 26.0 Å². The average Bonchev–Trinajstić information content (AvgIpc) is 3.25. The van der Waals surface area contributed by atoms with E-state index in [9.17, 15) is 4.79 Å². The fourth-order valence-electron chi connectivity index (χ4n) is 3.16. The highest BCUT2D eigenvalue weighted by molar-refractivity contribution is 5.94. The zero-order valence-electron chi connectivity index (χ0n) is 12.4. The second kappa shape index (κ2) is 5.40. The van der Waals surface area contributed by atoms with Crippen LogP contribution < -0.4 is 4.90 Å². The number of allylic oxidation sites excluding steroid dienone is 1. The summed E-state index contributed by atoms with van der Waals surface area (Å²) < 4.78 is 1.80. The monoisotopic (exact) mass is 298 g/mol. The molecule has 7 heteroatoms. The maximum atomic E-state index is 12.4. The van der Waals surface area contributed by atoms with Gasteiger partial charge in [-0.1, -0.05) is 6.08 Å². The minimum absolute atomic E-state index is 0.217. The van der Waals surface area contributed by atoms with Crippen molar-refractivity contribution >= 4 is 17.4 Å². The number of anilines is 1. The summed E-state index contributed by atoms with van der Waals surface area (Å²) in [5.41, 5.74) is 1.74. The Kier molecular flexibility index (Phi) is 3.25. The molecule has 1 aliphatic heterocycles. The molecule has 0 N–H and O–H groups in total. The first-order valence-corrected chi connectivity index (χ1v) is 7.70. The molecule has 0 saturated carbocycles. The molecule has 1 fully saturated rings. The fourth-order valence-corrected chi connectivity index (χ4v) is 3.16. The van der Waals surface area contributed by atoms with E-state index >= 15 is 0 Å². The molecule has 0 bridgehead atoms. The van der Waals surface area contributed by atoms with Gasteiger partial charge >= 0.3 is 0 Å². The number of nitrogens with zero attached hydrogens (tertiary/aromatic N) is 6. The summed E-state index contributed by atoms with van der Waals surface area (Å²) in [6.07, 6.45) is 10.2. The Morgan fingerprint density at radius 1 is 1.14 bits per heavy atom. The molecule has 0 unspecified atom stereocenters. The van der Waals surface area contributed by atoms with Crippen LogP contribution in [0.2, 0.25) is 0 Å². The van der Waals surface area contributed by atoms with Gasteiger partial charge in [-0.3, -0.25) is 9.78 Å². The normalized spacial score (nSPS) is 18.8. The van der Waals surface area contributed by atoms with Crippen molar-refractivity contribution in [3.8, 4) is 0 Å². The van der Waals surface area contributed by atoms with Crippen LogP contribution in [0.1, 0.15) is 19.3 Å². The second-order valence-corrected chi connectivity index (χ2v) is 5.70. The Morgan fingerprint density at radius 3 is 2.77 bits per heavy atom. The number of fused-ring (bicyclic) bond motifs is 1. The zero-order chi connectivity index (χ0) is 14.9. The predicted molar refractivity (Wildman–Crippen MR) is 81.5 cm³/mol. The third-order valence-corrected chi connectivity index (χ3v) is 4.38. The van der Waals surface area contributed by atoms with Gasteiger partial charge in [-0.2, -0.15) is 9.61 Å². The van der Waals surface area contributed by atoms with E-state index in [1.807, 2.05) is 4.90 Å². The van der Waals surface area contributed by atoms with E-state index < -0.39 is 0 Å². The third kappa shape index (κ3) is 2.22. The lowest BCUT2D eigenvalue weighted by Crippen LogP contribution is -2.49. The fraction of sp³-hybridized carbons (Fsp3) is 0.467. The van der Waals surface area contributed by atoms with E-state index in [1.165, 1.54) is 6.33 Å². The number of piperazine rings is 1. The maximum absolute atomic E-state index is 12.4. The van der Waals surface area contributed by atoms with Gasteiger partial charge in [-0.05, 0) is 19.3 Å². The molecule has 2 aromatic rings. The molecule has 3 heterocycles. The summed E-state index contributed by atoms with van der Waals surface area (Å²) in [6.45, 7) is 3.06. The number of carbonyl (C=O) groups excluding carboxylic acids is 1. The number of hydrogen-bond acceptors (Lipinski definition) is 5. The highest BCUT2D eigenvalue weighted by Crippen LogP contribution is 2.21. The largest absolute Gasteiger partial charge is 0.352 e. The Balaban J connectivity index is 1.48. The Morgan fingerprint density at radius 2 is 2.00 bits per heavy atom. The smallest absolute Gasteiger partial charge is 0.249 e. The van der Waals surface area contributed by atoms with Crippen molar-refractivity contribution in [2.75, 3.05) is 31.1 Å². The van der Waals surface area contributed by atoms with E-state index in [0.717, 1.165) is 62.5 Å². The lowest BCUT2D eigenvalue weighted by Gasteiger charge is -2.35. The third-order valence-electron chi connectivity index (χ3n) is 4.38. The lowest BCUT2D eigenvalue weighted by atomic mass is 10.2. The van der Waals surface area contributed by atoms with Crippen molar-refractivity contribution in [1.29, 1.82) is 0 Å². The van der Waals surface area contributed by atoms with Gasteiger partial charge in [0.2, 0.25) is 5.91 Å². The van der Waals surface area contributed by atoms with Crippen molar-refractivity contribution in [1.82, 2.24) is 24.5 Å². The average molecular weight is 298 g/mol. The molecule has 1 aliphatic carbocycles. The van der Waals surface area contributed by atoms with Gasteiger partial charge in [-0.25, -0.2) is 4.98 Å². The molecule has 0 aromatic carbocycles. The summed E-state index contributed by atoms with van der Waals surface area (Å²) >= 11 is 0. The number of amides is 1. The molecule has 1 amide bonds. The lowest BCUT2D eigenvalue weighted by molar-refractivity contribution is -0.127. The van der Waals surface area contributed by atoms with Crippen molar-refractivity contribution < 1.29 is 4.79 Å². The number of hydrogen-bond donors (Lipinski definition) is 0. The molecular weight excluding hydrogens is 280 g/mol. The van der Waals surface area contributed by atoms with Gasteiger partial charge in [-0.15, -0.1) is 0 Å². The van der Waals surface area contributed by atoms with Crippen molar-refractivity contribution in [2.24, 2.45) is 0 Å². The molecule has 0 spiro atoms. The van der Waals surface area contributed by atoms with Crippen molar-refractivity contribution in [3.05, 3.63) is 30.4 Å². The maximum Gasteiger partial charge on any atom is 0.249 e. The van der Waals surface area contributed by atoms with E-state index in [0.29, 0.717) is 0 Å². The molecule has 0 radical (unpaired) electrons. The first-order valence-electron chi connectivity index (χ1n) is 7.70. The molecule has 7 nitrogen and oxygen atoms in total. The van der Waals surface area contributed by atoms with Gasteiger partial charge in [0.25, 0.3) is 0 Å². The van der Waals surface area contributed by atoms with Gasteiger partial charge in [0.1, 0.15) is 6.33 Å². The van der Waals surface area contributed by atoms with Gasteiger partial charge in [0.15, 0.2) is 11.5 Å². The summed E-state index contributed by atoms with van der Waals surface area (Å²) in [5, 5.41) is 4.25. The van der Waals surface area contributed by atoms with Crippen LogP contribution in [0.4, 0.5) is 5.82 Å². The van der Waals surface area contributed by atoms with Crippen LogP contribution in [0.15, 0.2) is 30.4 Å². The second-order valence-electron chi connectivity index (χ2n) is 5.70. The quantitative estimate of drug-likeness (QED) is 0.823. The summed E-state index contributed by atoms with van der Waals surface area (Å²) in [4.78, 5) is 25.0. The molecule has 2 aromatic heterocycles. The molecule has 1 saturated heterocycles. The highest BCUT2D eigenvalue weighted by atomic mass is 16.2. The van der Waals surface area contributed by atoms with Gasteiger partial charge < -0.3 is 9.80 Å². The van der Waals surface area contributed by atoms with Crippen LogP contribution in [0.25, 0.3) is 5.65 Å². The SMILES string of the molecule is O=C(C1=CCCC1)N1CCN(c2cncc3ncnn23)CC1. The Hall–Kier alpha value is -2.44. The van der Waals surface area contributed by atoms with E-state index in [1.54, 1.807) is 16.9 Å². The van der Waals surface area contributed by atoms with Gasteiger partial charge in [0.05, 0.1) is 12.4 Å². The van der Waals surface area contributed by atoms with Gasteiger partial charge in [0, 0.05) is 31.8 Å². The molecule has 4 rings (SSSR count). The minimum Gasteiger partial charge on any atom is -0.352 e. The first-order chi connectivity index (χ1) is 10.8. The first kappa shape index (κ1) is 13.2. The van der Waals surface area contributed by atoms with Crippen molar-refractivity contribution in [2.45, 2.75) is 19.3 Å². The summed E-state index contributed by atoms with van der Waals surface area (Å²) in [6, 6.07) is 0. The van der Waals surface area contributed by atoms with Crippen LogP contribution in [0.3, 0.4) is 0 Å². The van der Waals surface area contributed by atoms with Crippen LogP contribution in [0.5, 0.6) is 0 Å². The standard InChI is InChI=1S/C15H18N6O/c22-15(12-3-1-2-4-12)20-7-5-19(6-8-20)14-10-16-9-13-17-11-18-21(13)14/h3,9-11H,1-2,4-8H2. The highest BCUT2D eigenvalue weighted by Gasteiger charge is 2.25. The van der Waals surface area contributed by atoms with Crippen LogP contribution in [0, 0.1) is 0 Å². The molecular formula is C15H18N6O. The summed E-state index contributed by atoms with van der Waals surface area (Å²) in [7, 11) is 0. The Bertz CT molecular complexity index is 728. The number of rotatable bonds is 2. The number of carbonyl (C=O) groups is 1. The van der Waals surface area contributed by atoms with Crippen LogP contribution in [-0.4, -0.2) is 56.6 Å². The number of aromatic nitrogens is 4. The van der Waals surface area contributed by atoms with Crippen LogP contribution >= 0.6 is 0 Å². The van der Waals surface area contributed by atoms with Crippen molar-refractivity contribution in [3.63, 3.8) is 0 Å². The summed E-state index contributed by atoms with van der Waals surface area (Å²) in [5.74, 6) is 1.15. The molecule has 2 aliphatic rings. The molecule has 114 valence electrons.